The maximum Gasteiger partial charge on any atom is 0.252 e. The first-order valence-electron chi connectivity index (χ1n) is 9.19. The molecule has 0 aliphatic heterocycles. The number of carbonyl (C=O) groups is 1. The zero-order chi connectivity index (χ0) is 17.8. The van der Waals surface area contributed by atoms with E-state index in [1.807, 2.05) is 33.9 Å². The summed E-state index contributed by atoms with van der Waals surface area (Å²) in [6, 6.07) is 2.09. The highest BCUT2D eigenvalue weighted by atomic mass is 16.5. The molecule has 1 spiro atoms. The molecule has 2 fully saturated rings. The maximum absolute atomic E-state index is 13.1. The lowest BCUT2D eigenvalue weighted by atomic mass is 9.51. The minimum absolute atomic E-state index is 0.0159. The number of fused-ring (bicyclic) bond motifs is 1. The van der Waals surface area contributed by atoms with Crippen molar-refractivity contribution in [2.45, 2.75) is 58.6 Å². The standard InChI is InChI=1S/C19H26N4O2/c1-5-25-15-10-14(19(15)7-6-8-19)21-18(24)13-9-11(2)20-17-16(13)12(3)22-23(17)4/h9,14-15H,5-8,10H2,1-4H3,(H,21,24)/t14-,15-/m0/s1. The van der Waals surface area contributed by atoms with Gasteiger partial charge in [0.2, 0.25) is 0 Å². The van der Waals surface area contributed by atoms with Crippen LogP contribution in [0.25, 0.3) is 11.0 Å². The molecular formula is C19H26N4O2. The molecule has 2 atom stereocenters. The van der Waals surface area contributed by atoms with E-state index >= 15 is 0 Å². The summed E-state index contributed by atoms with van der Waals surface area (Å²) in [7, 11) is 1.87. The second-order valence-electron chi connectivity index (χ2n) is 7.51. The molecule has 134 valence electrons. The fourth-order valence-electron chi connectivity index (χ4n) is 4.63. The van der Waals surface area contributed by atoms with E-state index in [9.17, 15) is 4.79 Å². The average molecular weight is 342 g/mol. The van der Waals surface area contributed by atoms with E-state index in [0.717, 1.165) is 48.3 Å². The van der Waals surface area contributed by atoms with Crippen LogP contribution in [0.15, 0.2) is 6.07 Å². The number of pyridine rings is 1. The number of aryl methyl sites for hydroxylation is 3. The molecule has 2 aromatic rings. The first-order chi connectivity index (χ1) is 12.0. The van der Waals surface area contributed by atoms with Crippen LogP contribution in [-0.2, 0) is 11.8 Å². The molecule has 0 bridgehead atoms. The summed E-state index contributed by atoms with van der Waals surface area (Å²) in [5, 5.41) is 8.58. The molecule has 1 N–H and O–H groups in total. The summed E-state index contributed by atoms with van der Waals surface area (Å²) in [5.41, 5.74) is 3.29. The molecule has 2 aliphatic rings. The Morgan fingerprint density at radius 1 is 1.44 bits per heavy atom. The van der Waals surface area contributed by atoms with Crippen LogP contribution in [0.5, 0.6) is 0 Å². The smallest absolute Gasteiger partial charge is 0.252 e. The summed E-state index contributed by atoms with van der Waals surface area (Å²) in [5.74, 6) is -0.0159. The van der Waals surface area contributed by atoms with Crippen LogP contribution in [0, 0.1) is 19.3 Å². The molecule has 25 heavy (non-hydrogen) atoms. The fraction of sp³-hybridized carbons (Fsp3) is 0.632. The number of rotatable bonds is 4. The molecule has 6 nitrogen and oxygen atoms in total. The summed E-state index contributed by atoms with van der Waals surface area (Å²) >= 11 is 0. The Hall–Kier alpha value is -1.95. The van der Waals surface area contributed by atoms with Gasteiger partial charge in [-0.3, -0.25) is 9.48 Å². The number of nitrogens with zero attached hydrogens (tertiary/aromatic N) is 3. The molecule has 1 amide bonds. The van der Waals surface area contributed by atoms with Crippen molar-refractivity contribution in [2.24, 2.45) is 12.5 Å². The van der Waals surface area contributed by atoms with Crippen molar-refractivity contribution in [1.29, 1.82) is 0 Å². The SMILES string of the molecule is CCO[C@H]1C[C@H](NC(=O)c2cc(C)nc3c2c(C)nn3C)C12CCC2. The number of carbonyl (C=O) groups excluding carboxylic acids is 1. The van der Waals surface area contributed by atoms with Crippen molar-refractivity contribution in [3.63, 3.8) is 0 Å². The van der Waals surface area contributed by atoms with Gasteiger partial charge in [0.25, 0.3) is 5.91 Å². The van der Waals surface area contributed by atoms with E-state index in [0.29, 0.717) is 11.7 Å². The monoisotopic (exact) mass is 342 g/mol. The quantitative estimate of drug-likeness (QED) is 0.927. The van der Waals surface area contributed by atoms with Crippen molar-refractivity contribution >= 4 is 16.9 Å². The third-order valence-corrected chi connectivity index (χ3v) is 6.08. The van der Waals surface area contributed by atoms with E-state index in [1.54, 1.807) is 4.68 Å². The van der Waals surface area contributed by atoms with Gasteiger partial charge in [0, 0.05) is 30.8 Å². The molecule has 2 aliphatic carbocycles. The third-order valence-electron chi connectivity index (χ3n) is 6.08. The fourth-order valence-corrected chi connectivity index (χ4v) is 4.63. The van der Waals surface area contributed by atoms with Crippen LogP contribution in [0.3, 0.4) is 0 Å². The maximum atomic E-state index is 13.1. The van der Waals surface area contributed by atoms with Crippen LogP contribution < -0.4 is 5.32 Å². The minimum atomic E-state index is -0.0159. The summed E-state index contributed by atoms with van der Waals surface area (Å²) < 4.78 is 7.64. The molecule has 0 unspecified atom stereocenters. The Labute approximate surface area is 147 Å². The van der Waals surface area contributed by atoms with E-state index in [4.69, 9.17) is 4.74 Å². The van der Waals surface area contributed by atoms with Gasteiger partial charge >= 0.3 is 0 Å². The van der Waals surface area contributed by atoms with Gasteiger partial charge in [-0.2, -0.15) is 5.10 Å². The highest BCUT2D eigenvalue weighted by Gasteiger charge is 2.59. The van der Waals surface area contributed by atoms with Crippen LogP contribution in [0.4, 0.5) is 0 Å². The zero-order valence-corrected chi connectivity index (χ0v) is 15.4. The predicted octanol–water partition coefficient (Wildman–Crippen LogP) is 2.66. The third kappa shape index (κ3) is 2.38. The van der Waals surface area contributed by atoms with Crippen molar-refractivity contribution in [3.8, 4) is 0 Å². The van der Waals surface area contributed by atoms with E-state index < -0.39 is 0 Å². The highest BCUT2D eigenvalue weighted by Crippen LogP contribution is 2.57. The van der Waals surface area contributed by atoms with Gasteiger partial charge in [-0.05, 0) is 46.1 Å². The molecule has 2 aromatic heterocycles. The number of hydrogen-bond donors (Lipinski definition) is 1. The van der Waals surface area contributed by atoms with Crippen LogP contribution in [0.2, 0.25) is 0 Å². The Morgan fingerprint density at radius 3 is 2.84 bits per heavy atom. The molecule has 4 rings (SSSR count). The molecule has 0 radical (unpaired) electrons. The van der Waals surface area contributed by atoms with Gasteiger partial charge < -0.3 is 10.1 Å². The second kappa shape index (κ2) is 5.80. The number of hydrogen-bond acceptors (Lipinski definition) is 4. The lowest BCUT2D eigenvalue weighted by Crippen LogP contribution is -2.67. The van der Waals surface area contributed by atoms with E-state index in [2.05, 4.69) is 15.4 Å². The van der Waals surface area contributed by atoms with E-state index in [-0.39, 0.29) is 17.4 Å². The van der Waals surface area contributed by atoms with Crippen molar-refractivity contribution in [3.05, 3.63) is 23.0 Å². The largest absolute Gasteiger partial charge is 0.378 e. The second-order valence-corrected chi connectivity index (χ2v) is 7.51. The Morgan fingerprint density at radius 2 is 2.20 bits per heavy atom. The first kappa shape index (κ1) is 16.5. The van der Waals surface area contributed by atoms with Gasteiger partial charge in [0.1, 0.15) is 0 Å². The van der Waals surface area contributed by atoms with Gasteiger partial charge in [-0.1, -0.05) is 6.42 Å². The summed E-state index contributed by atoms with van der Waals surface area (Å²) in [4.78, 5) is 17.6. The molecular weight excluding hydrogens is 316 g/mol. The zero-order valence-electron chi connectivity index (χ0n) is 15.4. The Kier molecular flexibility index (Phi) is 3.83. The van der Waals surface area contributed by atoms with Gasteiger partial charge in [-0.15, -0.1) is 0 Å². The first-order valence-corrected chi connectivity index (χ1v) is 9.19. The number of aromatic nitrogens is 3. The molecule has 6 heteroatoms. The highest BCUT2D eigenvalue weighted by molar-refractivity contribution is 6.06. The Balaban J connectivity index is 1.61. The lowest BCUT2D eigenvalue weighted by Gasteiger charge is -2.61. The minimum Gasteiger partial charge on any atom is -0.378 e. The molecule has 0 aromatic carbocycles. The Bertz CT molecular complexity index is 838. The van der Waals surface area contributed by atoms with Gasteiger partial charge in [-0.25, -0.2) is 4.98 Å². The van der Waals surface area contributed by atoms with Gasteiger partial charge in [0.05, 0.1) is 22.7 Å². The van der Waals surface area contributed by atoms with Crippen LogP contribution in [-0.4, -0.2) is 39.4 Å². The number of ether oxygens (including phenoxy) is 1. The van der Waals surface area contributed by atoms with Crippen LogP contribution in [0.1, 0.15) is 54.4 Å². The normalized spacial score (nSPS) is 24.2. The molecule has 0 saturated heterocycles. The van der Waals surface area contributed by atoms with Crippen molar-refractivity contribution in [1.82, 2.24) is 20.1 Å². The topological polar surface area (TPSA) is 69.0 Å². The van der Waals surface area contributed by atoms with Crippen LogP contribution >= 0.6 is 0 Å². The van der Waals surface area contributed by atoms with Gasteiger partial charge in [0.15, 0.2) is 5.65 Å². The average Bonchev–Trinajstić information content (AvgIpc) is 2.78. The number of amides is 1. The van der Waals surface area contributed by atoms with Crippen molar-refractivity contribution in [2.75, 3.05) is 6.61 Å². The lowest BCUT2D eigenvalue weighted by molar-refractivity contribution is -0.169. The van der Waals surface area contributed by atoms with Crippen molar-refractivity contribution < 1.29 is 9.53 Å². The predicted molar refractivity (Wildman–Crippen MR) is 95.6 cm³/mol. The molecule has 2 heterocycles. The molecule has 2 saturated carbocycles. The summed E-state index contributed by atoms with van der Waals surface area (Å²) in [6.45, 7) is 6.63. The number of nitrogens with one attached hydrogen (secondary N) is 1. The summed E-state index contributed by atoms with van der Waals surface area (Å²) in [6.07, 6.45) is 4.75. The van der Waals surface area contributed by atoms with E-state index in [1.165, 1.54) is 6.42 Å².